The zero-order valence-electron chi connectivity index (χ0n) is 11.8. The molecule has 2 aliphatic heterocycles. The number of nitrogens with zero attached hydrogens (tertiary/aromatic N) is 3. The van der Waals surface area contributed by atoms with Crippen molar-refractivity contribution in [3.8, 4) is 0 Å². The van der Waals surface area contributed by atoms with Gasteiger partial charge < -0.3 is 0 Å². The number of rotatable bonds is 3. The van der Waals surface area contributed by atoms with E-state index in [-0.39, 0.29) is 0 Å². The van der Waals surface area contributed by atoms with Gasteiger partial charge in [-0.1, -0.05) is 0 Å². The Balaban J connectivity index is 1.51. The van der Waals surface area contributed by atoms with Crippen molar-refractivity contribution in [1.29, 1.82) is 0 Å². The fourth-order valence-electron chi connectivity index (χ4n) is 3.37. The minimum absolute atomic E-state index is 0.355. The van der Waals surface area contributed by atoms with Gasteiger partial charge in [0.25, 0.3) is 0 Å². The highest BCUT2D eigenvalue weighted by molar-refractivity contribution is 7.88. The van der Waals surface area contributed by atoms with Gasteiger partial charge in [0.2, 0.25) is 10.0 Å². The summed E-state index contributed by atoms with van der Waals surface area (Å²) in [6.45, 7) is 4.52. The van der Waals surface area contributed by atoms with E-state index >= 15 is 0 Å². The second-order valence-corrected chi connectivity index (χ2v) is 8.15. The zero-order valence-corrected chi connectivity index (χ0v) is 12.6. The highest BCUT2D eigenvalue weighted by Crippen LogP contribution is 2.41. The third kappa shape index (κ3) is 2.87. The Labute approximate surface area is 120 Å². The topological polar surface area (TPSA) is 53.5 Å². The van der Waals surface area contributed by atoms with Gasteiger partial charge >= 0.3 is 0 Å². The molecule has 5 nitrogen and oxygen atoms in total. The molecule has 0 amide bonds. The first-order chi connectivity index (χ1) is 9.47. The molecule has 6 heteroatoms. The van der Waals surface area contributed by atoms with E-state index in [1.165, 1.54) is 11.8 Å². The number of sulfonamides is 1. The predicted molar refractivity (Wildman–Crippen MR) is 77.6 cm³/mol. The molecule has 0 aliphatic carbocycles. The van der Waals surface area contributed by atoms with E-state index in [9.17, 15) is 8.42 Å². The van der Waals surface area contributed by atoms with Crippen molar-refractivity contribution in [1.82, 2.24) is 14.2 Å². The molecule has 2 aliphatic rings. The Hall–Kier alpha value is -0.980. The number of hydrogen-bond donors (Lipinski definition) is 0. The van der Waals surface area contributed by atoms with E-state index in [4.69, 9.17) is 0 Å². The highest BCUT2D eigenvalue weighted by Gasteiger charge is 2.45. The fourth-order valence-corrected chi connectivity index (χ4v) is 4.21. The van der Waals surface area contributed by atoms with Crippen molar-refractivity contribution >= 4 is 10.0 Å². The molecule has 0 unspecified atom stereocenters. The fraction of sp³-hybridized carbons (Fsp3) is 0.643. The Morgan fingerprint density at radius 1 is 1.20 bits per heavy atom. The lowest BCUT2D eigenvalue weighted by Gasteiger charge is -2.53. The van der Waals surface area contributed by atoms with Gasteiger partial charge in [0.05, 0.1) is 6.26 Å². The van der Waals surface area contributed by atoms with Crippen LogP contribution in [0.4, 0.5) is 0 Å². The zero-order chi connectivity index (χ0) is 14.2. The molecule has 0 bridgehead atoms. The van der Waals surface area contributed by atoms with Gasteiger partial charge in [0.1, 0.15) is 0 Å². The number of aromatic nitrogens is 1. The van der Waals surface area contributed by atoms with Crippen molar-refractivity contribution in [2.45, 2.75) is 19.4 Å². The van der Waals surface area contributed by atoms with Gasteiger partial charge in [-0.2, -0.15) is 0 Å². The van der Waals surface area contributed by atoms with E-state index in [1.807, 2.05) is 12.4 Å². The second-order valence-electron chi connectivity index (χ2n) is 6.16. The molecular weight excluding hydrogens is 274 g/mol. The van der Waals surface area contributed by atoms with Crippen LogP contribution < -0.4 is 0 Å². The summed E-state index contributed by atoms with van der Waals surface area (Å²) in [6.07, 6.45) is 6.95. The molecule has 0 saturated carbocycles. The number of hydrogen-bond acceptors (Lipinski definition) is 4. The first kappa shape index (κ1) is 14.0. The molecule has 3 heterocycles. The maximum Gasteiger partial charge on any atom is 0.211 e. The quantitative estimate of drug-likeness (QED) is 0.833. The van der Waals surface area contributed by atoms with Crippen LogP contribution in [0.25, 0.3) is 0 Å². The Bertz CT molecular complexity index is 557. The summed E-state index contributed by atoms with van der Waals surface area (Å²) in [7, 11) is -3.01. The van der Waals surface area contributed by atoms with E-state index < -0.39 is 10.0 Å². The van der Waals surface area contributed by atoms with E-state index in [0.29, 0.717) is 18.5 Å². The lowest BCUT2D eigenvalue weighted by molar-refractivity contribution is -0.0393. The first-order valence-corrected chi connectivity index (χ1v) is 8.88. The molecule has 0 N–H and O–H groups in total. The van der Waals surface area contributed by atoms with Gasteiger partial charge in [-0.3, -0.25) is 9.88 Å². The first-order valence-electron chi connectivity index (χ1n) is 7.03. The minimum atomic E-state index is -3.01. The third-order valence-corrected chi connectivity index (χ3v) is 5.83. The van der Waals surface area contributed by atoms with Crippen LogP contribution in [0, 0.1) is 5.41 Å². The van der Waals surface area contributed by atoms with Crippen molar-refractivity contribution in [2.75, 3.05) is 32.4 Å². The summed E-state index contributed by atoms with van der Waals surface area (Å²) >= 11 is 0. The number of piperidine rings is 1. The molecule has 20 heavy (non-hydrogen) atoms. The van der Waals surface area contributed by atoms with Crippen LogP contribution in [0.2, 0.25) is 0 Å². The Kier molecular flexibility index (Phi) is 3.56. The smallest absolute Gasteiger partial charge is 0.211 e. The maximum absolute atomic E-state index is 11.5. The summed E-state index contributed by atoms with van der Waals surface area (Å²) in [4.78, 5) is 6.47. The van der Waals surface area contributed by atoms with Gasteiger partial charge in [0.15, 0.2) is 0 Å². The number of pyridine rings is 1. The lowest BCUT2D eigenvalue weighted by Crippen LogP contribution is -2.60. The van der Waals surface area contributed by atoms with Crippen LogP contribution >= 0.6 is 0 Å². The molecule has 1 spiro atoms. The molecule has 0 atom stereocenters. The van der Waals surface area contributed by atoms with Gasteiger partial charge in [-0.15, -0.1) is 0 Å². The summed E-state index contributed by atoms with van der Waals surface area (Å²) in [5.74, 6) is 0. The maximum atomic E-state index is 11.5. The van der Waals surface area contributed by atoms with Crippen molar-refractivity contribution in [2.24, 2.45) is 5.41 Å². The Morgan fingerprint density at radius 3 is 2.35 bits per heavy atom. The van der Waals surface area contributed by atoms with Crippen LogP contribution in [-0.2, 0) is 16.6 Å². The monoisotopic (exact) mass is 295 g/mol. The molecule has 1 aromatic heterocycles. The van der Waals surface area contributed by atoms with Crippen LogP contribution in [-0.4, -0.2) is 55.0 Å². The van der Waals surface area contributed by atoms with Crippen LogP contribution in [0.3, 0.4) is 0 Å². The summed E-state index contributed by atoms with van der Waals surface area (Å²) in [5, 5.41) is 0. The lowest BCUT2D eigenvalue weighted by atomic mass is 9.72. The van der Waals surface area contributed by atoms with Gasteiger partial charge in [0, 0.05) is 45.1 Å². The molecule has 1 aromatic rings. The number of likely N-dealkylation sites (tertiary alicyclic amines) is 1. The predicted octanol–water partition coefficient (Wildman–Crippen LogP) is 0.939. The van der Waals surface area contributed by atoms with Crippen molar-refractivity contribution in [3.63, 3.8) is 0 Å². The molecule has 3 rings (SSSR count). The minimum Gasteiger partial charge on any atom is -0.298 e. The highest BCUT2D eigenvalue weighted by atomic mass is 32.2. The molecular formula is C14H21N3O2S. The van der Waals surface area contributed by atoms with Crippen LogP contribution in [0.1, 0.15) is 18.4 Å². The summed E-state index contributed by atoms with van der Waals surface area (Å²) in [5.41, 5.74) is 1.65. The van der Waals surface area contributed by atoms with E-state index in [0.717, 1.165) is 32.5 Å². The largest absolute Gasteiger partial charge is 0.298 e. The molecule has 2 saturated heterocycles. The standard InChI is InChI=1S/C14H21N3O2S/c1-20(18,19)17-8-4-14(5-9-17)11-16(12-14)10-13-2-6-15-7-3-13/h2-3,6-7H,4-5,8-12H2,1H3. The average molecular weight is 295 g/mol. The SMILES string of the molecule is CS(=O)(=O)N1CCC2(CC1)CN(Cc1ccncc1)C2. The third-order valence-electron chi connectivity index (χ3n) is 4.53. The molecule has 110 valence electrons. The summed E-state index contributed by atoms with van der Waals surface area (Å²) in [6, 6.07) is 4.11. The summed E-state index contributed by atoms with van der Waals surface area (Å²) < 4.78 is 24.7. The Morgan fingerprint density at radius 2 is 1.80 bits per heavy atom. The van der Waals surface area contributed by atoms with Crippen LogP contribution in [0.15, 0.2) is 24.5 Å². The normalized spacial score (nSPS) is 23.6. The average Bonchev–Trinajstić information content (AvgIpc) is 2.38. The molecule has 2 fully saturated rings. The van der Waals surface area contributed by atoms with Crippen LogP contribution in [0.5, 0.6) is 0 Å². The van der Waals surface area contributed by atoms with Gasteiger partial charge in [-0.25, -0.2) is 12.7 Å². The van der Waals surface area contributed by atoms with Crippen molar-refractivity contribution in [3.05, 3.63) is 30.1 Å². The molecule has 0 radical (unpaired) electrons. The molecule has 0 aromatic carbocycles. The van der Waals surface area contributed by atoms with Gasteiger partial charge in [-0.05, 0) is 36.0 Å². The van der Waals surface area contributed by atoms with E-state index in [1.54, 1.807) is 4.31 Å². The second kappa shape index (κ2) is 5.09. The van der Waals surface area contributed by atoms with E-state index in [2.05, 4.69) is 22.0 Å². The van der Waals surface area contributed by atoms with Crippen molar-refractivity contribution < 1.29 is 8.42 Å².